The van der Waals surface area contributed by atoms with Gasteiger partial charge in [-0.05, 0) is 61.7 Å². The topological polar surface area (TPSA) is 183 Å². The van der Waals surface area contributed by atoms with E-state index in [0.29, 0.717) is 21.7 Å². The Balaban J connectivity index is 1.73. The van der Waals surface area contributed by atoms with Crippen LogP contribution in [0.25, 0.3) is 10.4 Å². The number of nitrogens with two attached hydrogens (primary N) is 3. The monoisotopic (exact) mass is 528 g/mol. The van der Waals surface area contributed by atoms with E-state index in [2.05, 4.69) is 15.0 Å². The van der Waals surface area contributed by atoms with E-state index < -0.39 is 27.9 Å². The van der Waals surface area contributed by atoms with Gasteiger partial charge in [-0.15, -0.1) is 11.3 Å². The molecule has 0 saturated heterocycles. The molecule has 10 nitrogen and oxygen atoms in total. The number of nitrogens with one attached hydrogen (secondary N) is 2. The molecule has 0 bridgehead atoms. The summed E-state index contributed by atoms with van der Waals surface area (Å²) in [7, 11) is -4.07. The predicted octanol–water partition coefficient (Wildman–Crippen LogP) is 1.81. The average Bonchev–Trinajstić information content (AvgIpc) is 3.25. The van der Waals surface area contributed by atoms with Gasteiger partial charge in [-0.3, -0.25) is 9.59 Å². The van der Waals surface area contributed by atoms with Gasteiger partial charge < -0.3 is 22.5 Å². The number of hydrogen-bond donors (Lipinski definition) is 5. The second-order valence-corrected chi connectivity index (χ2v) is 11.0. The molecule has 2 amide bonds. The number of nitrogens with zero attached hydrogens (tertiary/aromatic N) is 1. The third-order valence-electron chi connectivity index (χ3n) is 5.20. The number of aliphatic imine (C=N–C) groups is 1. The molecule has 3 aromatic rings. The van der Waals surface area contributed by atoms with Gasteiger partial charge in [-0.1, -0.05) is 29.8 Å². The van der Waals surface area contributed by atoms with Gasteiger partial charge in [0.2, 0.25) is 15.9 Å². The molecule has 1 unspecified atom stereocenters. The van der Waals surface area contributed by atoms with Crippen LogP contribution in [-0.4, -0.2) is 38.8 Å². The molecule has 0 aliphatic carbocycles. The second kappa shape index (κ2) is 10.9. The van der Waals surface area contributed by atoms with E-state index in [1.165, 1.54) is 11.3 Å². The average molecular weight is 529 g/mol. The van der Waals surface area contributed by atoms with E-state index in [0.717, 1.165) is 16.0 Å². The fraction of sp³-hybridized carbons (Fsp3) is 0.208. The van der Waals surface area contributed by atoms with Crippen molar-refractivity contribution in [1.82, 2.24) is 10.0 Å². The minimum atomic E-state index is -4.07. The SMILES string of the molecule is Cc1cc(C)c(S(=O)(=O)NC(CNC(=O)c2ccc(-c3cccc(N=C(N)N)c3)s2)C(N)=O)c(C)c1. The van der Waals surface area contributed by atoms with Crippen molar-refractivity contribution in [2.24, 2.45) is 22.2 Å². The first-order chi connectivity index (χ1) is 16.9. The van der Waals surface area contributed by atoms with Gasteiger partial charge in [0.1, 0.15) is 6.04 Å². The molecule has 0 radical (unpaired) electrons. The van der Waals surface area contributed by atoms with E-state index >= 15 is 0 Å². The van der Waals surface area contributed by atoms with Crippen molar-refractivity contribution in [1.29, 1.82) is 0 Å². The number of carbonyl (C=O) groups is 2. The van der Waals surface area contributed by atoms with Gasteiger partial charge >= 0.3 is 0 Å². The molecule has 0 aliphatic rings. The lowest BCUT2D eigenvalue weighted by Gasteiger charge is -2.18. The first-order valence-electron chi connectivity index (χ1n) is 10.8. The minimum absolute atomic E-state index is 0.0641. The number of rotatable bonds is 9. The Labute approximate surface area is 213 Å². The Morgan fingerprint density at radius 1 is 1.00 bits per heavy atom. The molecule has 190 valence electrons. The molecule has 8 N–H and O–H groups in total. The molecule has 0 spiro atoms. The molecule has 1 aromatic heterocycles. The Morgan fingerprint density at radius 2 is 1.67 bits per heavy atom. The van der Waals surface area contributed by atoms with Gasteiger partial charge in [0.05, 0.1) is 15.5 Å². The highest BCUT2D eigenvalue weighted by atomic mass is 32.2. The Hall–Kier alpha value is -3.74. The number of aryl methyl sites for hydroxylation is 3. The maximum Gasteiger partial charge on any atom is 0.261 e. The minimum Gasteiger partial charge on any atom is -0.370 e. The summed E-state index contributed by atoms with van der Waals surface area (Å²) in [5.74, 6) is -1.45. The lowest BCUT2D eigenvalue weighted by molar-refractivity contribution is -0.119. The molecular formula is C24H28N6O4S2. The van der Waals surface area contributed by atoms with Gasteiger partial charge in [0.15, 0.2) is 5.96 Å². The van der Waals surface area contributed by atoms with Crippen molar-refractivity contribution in [3.63, 3.8) is 0 Å². The number of guanidine groups is 1. The summed E-state index contributed by atoms with van der Waals surface area (Å²) in [5.41, 5.74) is 19.7. The number of carbonyl (C=O) groups excluding carboxylic acids is 2. The summed E-state index contributed by atoms with van der Waals surface area (Å²) in [5, 5.41) is 2.58. The zero-order valence-corrected chi connectivity index (χ0v) is 21.7. The van der Waals surface area contributed by atoms with Gasteiger partial charge in [0, 0.05) is 11.4 Å². The van der Waals surface area contributed by atoms with Crippen molar-refractivity contribution < 1.29 is 18.0 Å². The van der Waals surface area contributed by atoms with Gasteiger partial charge in [-0.2, -0.15) is 4.72 Å². The first-order valence-corrected chi connectivity index (χ1v) is 13.1. The lowest BCUT2D eigenvalue weighted by Crippen LogP contribution is -2.51. The quantitative estimate of drug-likeness (QED) is 0.208. The summed E-state index contributed by atoms with van der Waals surface area (Å²) >= 11 is 1.22. The van der Waals surface area contributed by atoms with Crippen molar-refractivity contribution in [3.05, 3.63) is 70.1 Å². The van der Waals surface area contributed by atoms with E-state index in [1.54, 1.807) is 56.3 Å². The van der Waals surface area contributed by atoms with Crippen LogP contribution >= 0.6 is 11.3 Å². The van der Waals surface area contributed by atoms with Crippen LogP contribution < -0.4 is 27.2 Å². The van der Waals surface area contributed by atoms with Crippen LogP contribution in [0.4, 0.5) is 5.69 Å². The molecule has 1 heterocycles. The standard InChI is InChI=1S/C24H28N6O4S2/c1-13-9-14(2)21(15(3)10-13)36(33,34)30-18(22(25)31)12-28-23(32)20-8-7-19(35-20)16-5-4-6-17(11-16)29-24(26)27/h4-11,18,30H,12H2,1-3H3,(H2,25,31)(H,28,32)(H4,26,27,29). The van der Waals surface area contributed by atoms with Crippen LogP contribution in [0.5, 0.6) is 0 Å². The zero-order chi connectivity index (χ0) is 26.6. The summed E-state index contributed by atoms with van der Waals surface area (Å²) in [6.07, 6.45) is 0. The number of amides is 2. The molecule has 0 aliphatic heterocycles. The van der Waals surface area contributed by atoms with Crippen molar-refractivity contribution >= 4 is 44.8 Å². The van der Waals surface area contributed by atoms with Gasteiger partial charge in [0.25, 0.3) is 5.91 Å². The number of primary amides is 1. The maximum absolute atomic E-state index is 13.0. The van der Waals surface area contributed by atoms with Crippen LogP contribution in [-0.2, 0) is 14.8 Å². The van der Waals surface area contributed by atoms with E-state index in [4.69, 9.17) is 17.2 Å². The second-order valence-electron chi connectivity index (χ2n) is 8.27. The fourth-order valence-electron chi connectivity index (χ4n) is 3.81. The van der Waals surface area contributed by atoms with E-state index in [1.807, 2.05) is 13.0 Å². The highest BCUT2D eigenvalue weighted by molar-refractivity contribution is 7.89. The fourth-order valence-corrected chi connectivity index (χ4v) is 6.39. The number of thiophene rings is 1. The van der Waals surface area contributed by atoms with Crippen LogP contribution in [0.1, 0.15) is 26.4 Å². The van der Waals surface area contributed by atoms with E-state index in [9.17, 15) is 18.0 Å². The summed E-state index contributed by atoms with van der Waals surface area (Å²) in [4.78, 5) is 30.0. The third-order valence-corrected chi connectivity index (χ3v) is 8.11. The Morgan fingerprint density at radius 3 is 2.28 bits per heavy atom. The first kappa shape index (κ1) is 26.9. The summed E-state index contributed by atoms with van der Waals surface area (Å²) in [6, 6.07) is 12.7. The maximum atomic E-state index is 13.0. The molecule has 36 heavy (non-hydrogen) atoms. The van der Waals surface area contributed by atoms with Crippen molar-refractivity contribution in [3.8, 4) is 10.4 Å². The van der Waals surface area contributed by atoms with Crippen LogP contribution in [0.3, 0.4) is 0 Å². The highest BCUT2D eigenvalue weighted by Gasteiger charge is 2.27. The number of hydrogen-bond acceptors (Lipinski definition) is 6. The van der Waals surface area contributed by atoms with Crippen LogP contribution in [0, 0.1) is 20.8 Å². The molecule has 2 aromatic carbocycles. The highest BCUT2D eigenvalue weighted by Crippen LogP contribution is 2.30. The molecule has 12 heteroatoms. The Bertz CT molecular complexity index is 1420. The van der Waals surface area contributed by atoms with Crippen LogP contribution in [0.2, 0.25) is 0 Å². The molecule has 1 atom stereocenters. The number of benzene rings is 2. The van der Waals surface area contributed by atoms with E-state index in [-0.39, 0.29) is 17.4 Å². The third kappa shape index (κ3) is 6.47. The van der Waals surface area contributed by atoms with Crippen molar-refractivity contribution in [2.75, 3.05) is 6.54 Å². The predicted molar refractivity (Wildman–Crippen MR) is 142 cm³/mol. The normalized spacial score (nSPS) is 12.1. The number of sulfonamides is 1. The molecule has 0 fully saturated rings. The molecule has 0 saturated carbocycles. The summed E-state index contributed by atoms with van der Waals surface area (Å²) < 4.78 is 28.4. The Kier molecular flexibility index (Phi) is 8.13. The molecular weight excluding hydrogens is 500 g/mol. The lowest BCUT2D eigenvalue weighted by atomic mass is 10.1. The molecule has 3 rings (SSSR count). The van der Waals surface area contributed by atoms with Crippen LogP contribution in [0.15, 0.2) is 58.4 Å². The zero-order valence-electron chi connectivity index (χ0n) is 20.0. The van der Waals surface area contributed by atoms with Crippen molar-refractivity contribution in [2.45, 2.75) is 31.7 Å². The smallest absolute Gasteiger partial charge is 0.261 e. The van der Waals surface area contributed by atoms with Gasteiger partial charge in [-0.25, -0.2) is 13.4 Å². The summed E-state index contributed by atoms with van der Waals surface area (Å²) in [6.45, 7) is 4.90. The largest absolute Gasteiger partial charge is 0.370 e.